The largest absolute Gasteiger partial charge is 0.192 e. The Labute approximate surface area is 132 Å². The summed E-state index contributed by atoms with van der Waals surface area (Å²) in [7, 11) is 0. The molecule has 0 aliphatic carbocycles. The molecule has 1 aromatic carbocycles. The Morgan fingerprint density at radius 3 is 1.41 bits per heavy atom. The van der Waals surface area contributed by atoms with Crippen molar-refractivity contribution in [3.05, 3.63) is 34.4 Å². The van der Waals surface area contributed by atoms with Crippen molar-refractivity contribution in [2.24, 2.45) is 0 Å². The molecule has 4 nitrogen and oxygen atoms in total. The second-order valence-electron chi connectivity index (χ2n) is 5.94. The molecule has 0 spiro atoms. The van der Waals surface area contributed by atoms with Gasteiger partial charge in [-0.15, -0.1) is 10.3 Å². The highest BCUT2D eigenvalue weighted by atomic mass is 16.5. The van der Waals surface area contributed by atoms with Crippen LogP contribution < -0.4 is 0 Å². The fraction of sp³-hybridized carbons (Fsp3) is 0.556. The molecule has 2 rings (SSSR count). The van der Waals surface area contributed by atoms with Crippen molar-refractivity contribution in [1.82, 2.24) is 5.06 Å². The molecule has 115 valence electrons. The van der Waals surface area contributed by atoms with E-state index in [0.717, 1.165) is 11.1 Å². The van der Waals surface area contributed by atoms with E-state index in [4.69, 9.17) is 0 Å². The van der Waals surface area contributed by atoms with Crippen LogP contribution in [0.3, 0.4) is 0 Å². The molecule has 1 radical (unpaired) electrons. The zero-order valence-electron chi connectivity index (χ0n) is 13.7. The van der Waals surface area contributed by atoms with Gasteiger partial charge in [-0.25, -0.2) is 0 Å². The zero-order chi connectivity index (χ0) is 16.5. The van der Waals surface area contributed by atoms with Crippen molar-refractivity contribution < 1.29 is 5.21 Å². The Kier molecular flexibility index (Phi) is 4.29. The molecule has 22 heavy (non-hydrogen) atoms. The molecule has 4 heteroatoms. The zero-order valence-corrected chi connectivity index (χ0v) is 13.7. The van der Waals surface area contributed by atoms with Crippen LogP contribution in [0.5, 0.6) is 0 Å². The summed E-state index contributed by atoms with van der Waals surface area (Å²) >= 11 is 0. The second kappa shape index (κ2) is 5.72. The highest BCUT2D eigenvalue weighted by molar-refractivity contribution is 5.56. The minimum atomic E-state index is -0.596. The van der Waals surface area contributed by atoms with Crippen LogP contribution in [0.1, 0.15) is 75.6 Å². The Hall–Kier alpha value is -1.88. The Bertz CT molecular complexity index is 601. The Morgan fingerprint density at radius 2 is 1.18 bits per heavy atom. The smallest absolute Gasteiger partial charge is 0.101 e. The van der Waals surface area contributed by atoms with Crippen LogP contribution in [0.4, 0.5) is 0 Å². The van der Waals surface area contributed by atoms with Gasteiger partial charge < -0.3 is 0 Å². The standard InChI is InChI=1S/C18H22N3O/c1-5-17(6-2)15-9-13(11-19)14(12-20)10-16(15)18(7-3,8-4)21(17)22/h9-10H,5-8H2,1-4H3. The summed E-state index contributed by atoms with van der Waals surface area (Å²) in [4.78, 5) is 0. The van der Waals surface area contributed by atoms with Crippen LogP contribution in [0.2, 0.25) is 0 Å². The normalized spacial score (nSPS) is 18.5. The SMILES string of the molecule is CCC1(CC)c2cc(C#N)c(C#N)cc2C(CC)(CC)N1[O]. The number of benzene rings is 1. The number of hydrogen-bond donors (Lipinski definition) is 0. The van der Waals surface area contributed by atoms with Gasteiger partial charge in [0.25, 0.3) is 0 Å². The first-order chi connectivity index (χ1) is 10.5. The van der Waals surface area contributed by atoms with Crippen LogP contribution in [0.25, 0.3) is 0 Å². The van der Waals surface area contributed by atoms with Gasteiger partial charge in [-0.3, -0.25) is 0 Å². The third-order valence-corrected chi connectivity index (χ3v) is 5.52. The molecule has 0 amide bonds. The van der Waals surface area contributed by atoms with Gasteiger partial charge in [0.05, 0.1) is 22.2 Å². The average molecular weight is 296 g/mol. The topological polar surface area (TPSA) is 70.7 Å². The maximum absolute atomic E-state index is 13.3. The molecule has 0 saturated carbocycles. The van der Waals surface area contributed by atoms with Gasteiger partial charge in [0, 0.05) is 0 Å². The third kappa shape index (κ3) is 1.81. The highest BCUT2D eigenvalue weighted by Crippen LogP contribution is 2.55. The number of fused-ring (bicyclic) bond motifs is 1. The van der Waals surface area contributed by atoms with Gasteiger partial charge in [0.2, 0.25) is 0 Å². The lowest BCUT2D eigenvalue weighted by molar-refractivity contribution is -0.287. The molecular formula is C18H22N3O. The number of hydrogen-bond acceptors (Lipinski definition) is 3. The maximum atomic E-state index is 13.3. The fourth-order valence-electron chi connectivity index (χ4n) is 4.02. The van der Waals surface area contributed by atoms with E-state index in [1.807, 2.05) is 27.7 Å². The molecule has 0 atom stereocenters. The predicted molar refractivity (Wildman–Crippen MR) is 82.9 cm³/mol. The molecule has 0 N–H and O–H groups in total. The van der Waals surface area contributed by atoms with E-state index in [1.54, 1.807) is 12.1 Å². The van der Waals surface area contributed by atoms with Crippen molar-refractivity contribution in [2.45, 2.75) is 64.5 Å². The molecule has 0 unspecified atom stereocenters. The van der Waals surface area contributed by atoms with E-state index in [2.05, 4.69) is 12.1 Å². The van der Waals surface area contributed by atoms with Crippen LogP contribution in [-0.2, 0) is 16.3 Å². The van der Waals surface area contributed by atoms with E-state index in [-0.39, 0.29) is 0 Å². The monoisotopic (exact) mass is 296 g/mol. The lowest BCUT2D eigenvalue weighted by Gasteiger charge is -2.40. The van der Waals surface area contributed by atoms with Crippen molar-refractivity contribution in [3.63, 3.8) is 0 Å². The number of hydroxylamine groups is 2. The van der Waals surface area contributed by atoms with E-state index in [1.165, 1.54) is 5.06 Å². The molecule has 1 aliphatic rings. The van der Waals surface area contributed by atoms with Gasteiger partial charge >= 0.3 is 0 Å². The van der Waals surface area contributed by atoms with Gasteiger partial charge in [-0.05, 0) is 48.9 Å². The summed E-state index contributed by atoms with van der Waals surface area (Å²) in [5.41, 5.74) is 1.41. The molecule has 0 fully saturated rings. The minimum absolute atomic E-state index is 0.365. The van der Waals surface area contributed by atoms with E-state index in [0.29, 0.717) is 36.8 Å². The number of rotatable bonds is 4. The molecular weight excluding hydrogens is 274 g/mol. The van der Waals surface area contributed by atoms with Crippen LogP contribution in [0, 0.1) is 22.7 Å². The average Bonchev–Trinajstić information content (AvgIpc) is 2.78. The molecule has 0 aromatic heterocycles. The summed E-state index contributed by atoms with van der Waals surface area (Å²) in [6.45, 7) is 8.07. The van der Waals surface area contributed by atoms with Gasteiger partial charge in [-0.2, -0.15) is 10.5 Å². The number of nitrogens with zero attached hydrogens (tertiary/aromatic N) is 3. The predicted octanol–water partition coefficient (Wildman–Crippen LogP) is 4.12. The minimum Gasteiger partial charge on any atom is -0.192 e. The third-order valence-electron chi connectivity index (χ3n) is 5.52. The fourth-order valence-corrected chi connectivity index (χ4v) is 4.02. The van der Waals surface area contributed by atoms with Gasteiger partial charge in [0.1, 0.15) is 12.1 Å². The molecule has 0 bridgehead atoms. The first-order valence-corrected chi connectivity index (χ1v) is 7.97. The van der Waals surface area contributed by atoms with Crippen molar-refractivity contribution in [1.29, 1.82) is 10.5 Å². The first-order valence-electron chi connectivity index (χ1n) is 7.97. The van der Waals surface area contributed by atoms with Crippen LogP contribution in [0.15, 0.2) is 12.1 Å². The first kappa shape index (κ1) is 16.5. The molecule has 0 saturated heterocycles. The summed E-state index contributed by atoms with van der Waals surface area (Å²) in [5.74, 6) is 0. The van der Waals surface area contributed by atoms with Crippen molar-refractivity contribution in [3.8, 4) is 12.1 Å². The Morgan fingerprint density at radius 1 is 0.864 bits per heavy atom. The van der Waals surface area contributed by atoms with Crippen LogP contribution in [-0.4, -0.2) is 5.06 Å². The molecule has 1 aromatic rings. The summed E-state index contributed by atoms with van der Waals surface area (Å²) in [5, 5.41) is 33.2. The van der Waals surface area contributed by atoms with Gasteiger partial charge in [-0.1, -0.05) is 27.7 Å². The lowest BCUT2D eigenvalue weighted by atomic mass is 9.81. The molecule has 1 aliphatic heterocycles. The Balaban J connectivity index is 2.89. The second-order valence-corrected chi connectivity index (χ2v) is 5.94. The van der Waals surface area contributed by atoms with E-state index < -0.39 is 11.1 Å². The van der Waals surface area contributed by atoms with E-state index >= 15 is 0 Å². The summed E-state index contributed by atoms with van der Waals surface area (Å²) in [6, 6.07) is 7.75. The number of nitriles is 2. The van der Waals surface area contributed by atoms with Crippen molar-refractivity contribution >= 4 is 0 Å². The highest BCUT2D eigenvalue weighted by Gasteiger charge is 2.56. The van der Waals surface area contributed by atoms with Gasteiger partial charge in [0.15, 0.2) is 0 Å². The van der Waals surface area contributed by atoms with Crippen molar-refractivity contribution in [2.75, 3.05) is 0 Å². The maximum Gasteiger partial charge on any atom is 0.101 e. The summed E-state index contributed by atoms with van der Waals surface area (Å²) < 4.78 is 0. The summed E-state index contributed by atoms with van der Waals surface area (Å²) in [6.07, 6.45) is 2.77. The molecule has 1 heterocycles. The quantitative estimate of drug-likeness (QED) is 0.839. The van der Waals surface area contributed by atoms with Crippen LogP contribution >= 0.6 is 0 Å². The lowest BCUT2D eigenvalue weighted by Crippen LogP contribution is -2.47. The van der Waals surface area contributed by atoms with E-state index in [9.17, 15) is 15.7 Å².